The first-order valence-electron chi connectivity index (χ1n) is 4.85. The van der Waals surface area contributed by atoms with Crippen molar-refractivity contribution in [3.8, 4) is 0 Å². The predicted molar refractivity (Wildman–Crippen MR) is 67.8 cm³/mol. The van der Waals surface area contributed by atoms with Crippen LogP contribution in [0.5, 0.6) is 0 Å². The molecule has 0 atom stereocenters. The van der Waals surface area contributed by atoms with E-state index in [2.05, 4.69) is 6.58 Å². The Hall–Kier alpha value is -1.37. The maximum Gasteiger partial charge on any atom is 0.338 e. The molecule has 0 aliphatic carbocycles. The van der Waals surface area contributed by atoms with Crippen molar-refractivity contribution in [2.24, 2.45) is 5.14 Å². The number of nitrogens with two attached hydrogens (primary N) is 1. The number of hydrogen-bond donors (Lipinski definition) is 1. The fraction of sp³-hybridized carbons (Fsp3) is 0.182. The largest absolute Gasteiger partial charge is 0.456 e. The second kappa shape index (κ2) is 5.51. The van der Waals surface area contributed by atoms with Crippen molar-refractivity contribution in [1.82, 2.24) is 0 Å². The summed E-state index contributed by atoms with van der Waals surface area (Å²) in [7, 11) is -3.87. The monoisotopic (exact) mass is 289 g/mol. The van der Waals surface area contributed by atoms with Crippen LogP contribution in [-0.4, -0.2) is 21.0 Å². The average molecular weight is 290 g/mol. The topological polar surface area (TPSA) is 86.5 Å². The summed E-state index contributed by atoms with van der Waals surface area (Å²) >= 11 is 5.45. The number of halogens is 1. The van der Waals surface area contributed by atoms with E-state index in [0.717, 1.165) is 0 Å². The highest BCUT2D eigenvalue weighted by atomic mass is 35.5. The van der Waals surface area contributed by atoms with Crippen molar-refractivity contribution in [1.29, 1.82) is 0 Å². The molecule has 1 aromatic carbocycles. The molecule has 0 heterocycles. The Bertz CT molecular complexity index is 595. The van der Waals surface area contributed by atoms with Gasteiger partial charge in [-0.3, -0.25) is 0 Å². The summed E-state index contributed by atoms with van der Waals surface area (Å²) in [6.45, 7) is 4.80. The summed E-state index contributed by atoms with van der Waals surface area (Å²) in [5.74, 6) is -0.693. The zero-order valence-electron chi connectivity index (χ0n) is 9.64. The number of carbonyl (C=O) groups excluding carboxylic acids is 1. The van der Waals surface area contributed by atoms with Gasteiger partial charge in [-0.1, -0.05) is 24.2 Å². The van der Waals surface area contributed by atoms with Crippen LogP contribution in [0.3, 0.4) is 0 Å². The van der Waals surface area contributed by atoms with E-state index in [1.165, 1.54) is 18.2 Å². The molecule has 1 aromatic rings. The minimum absolute atomic E-state index is 0.0857. The molecule has 0 unspecified atom stereocenters. The fourth-order valence-electron chi connectivity index (χ4n) is 1.26. The molecule has 0 saturated heterocycles. The van der Waals surface area contributed by atoms with Gasteiger partial charge >= 0.3 is 5.97 Å². The first-order chi connectivity index (χ1) is 8.21. The lowest BCUT2D eigenvalue weighted by atomic mass is 10.1. The third-order valence-electron chi connectivity index (χ3n) is 2.09. The Kier molecular flexibility index (Phi) is 4.50. The number of hydrogen-bond acceptors (Lipinski definition) is 4. The molecular weight excluding hydrogens is 278 g/mol. The molecule has 0 saturated carbocycles. The summed E-state index contributed by atoms with van der Waals surface area (Å²) in [6, 6.07) is 4.10. The molecule has 0 bridgehead atoms. The van der Waals surface area contributed by atoms with Gasteiger partial charge in [-0.15, -0.1) is 0 Å². The molecule has 7 heteroatoms. The van der Waals surface area contributed by atoms with Gasteiger partial charge in [-0.25, -0.2) is 18.4 Å². The molecule has 0 aliphatic rings. The van der Waals surface area contributed by atoms with Gasteiger partial charge in [0.1, 0.15) is 6.61 Å². The van der Waals surface area contributed by atoms with Crippen molar-refractivity contribution in [3.05, 3.63) is 40.9 Å². The van der Waals surface area contributed by atoms with E-state index in [1.54, 1.807) is 6.92 Å². The van der Waals surface area contributed by atoms with Crippen LogP contribution in [0.4, 0.5) is 0 Å². The molecule has 98 valence electrons. The highest BCUT2D eigenvalue weighted by Crippen LogP contribution is 2.16. The van der Waals surface area contributed by atoms with Gasteiger partial charge in [0.05, 0.1) is 10.5 Å². The predicted octanol–water partition coefficient (Wildman–Crippen LogP) is 1.55. The average Bonchev–Trinajstić information content (AvgIpc) is 2.24. The quantitative estimate of drug-likeness (QED) is 0.852. The molecule has 2 N–H and O–H groups in total. The summed E-state index contributed by atoms with van der Waals surface area (Å²) in [5, 5.41) is 5.20. The summed E-state index contributed by atoms with van der Waals surface area (Å²) in [6.07, 6.45) is 0. The molecular formula is C11H12ClNO4S. The van der Waals surface area contributed by atoms with Gasteiger partial charge in [0.25, 0.3) is 0 Å². The number of esters is 1. The zero-order chi connectivity index (χ0) is 13.9. The summed E-state index contributed by atoms with van der Waals surface area (Å²) < 4.78 is 27.4. The van der Waals surface area contributed by atoms with E-state index in [9.17, 15) is 13.2 Å². The minimum atomic E-state index is -3.87. The molecule has 0 aliphatic heterocycles. The molecule has 5 nitrogen and oxygen atoms in total. The van der Waals surface area contributed by atoms with E-state index in [0.29, 0.717) is 5.56 Å². The van der Waals surface area contributed by atoms with Gasteiger partial charge in [0.15, 0.2) is 0 Å². The van der Waals surface area contributed by atoms with E-state index >= 15 is 0 Å². The molecule has 0 spiro atoms. The molecule has 18 heavy (non-hydrogen) atoms. The van der Waals surface area contributed by atoms with Gasteiger partial charge in [0, 0.05) is 5.03 Å². The molecule has 0 radical (unpaired) electrons. The maximum absolute atomic E-state index is 11.6. The second-order valence-corrected chi connectivity index (χ2v) is 5.68. The standard InChI is InChI=1S/C11H12ClNO4S/c1-7-3-4-9(5-10(7)18(13,15)16)11(14)17-6-8(2)12/h3-5H,2,6H2,1H3,(H2,13,15,16). The van der Waals surface area contributed by atoms with Crippen LogP contribution in [-0.2, 0) is 14.8 Å². The van der Waals surface area contributed by atoms with Crippen LogP contribution < -0.4 is 5.14 Å². The van der Waals surface area contributed by atoms with Crippen LogP contribution in [0.2, 0.25) is 0 Å². The lowest BCUT2D eigenvalue weighted by molar-refractivity contribution is 0.0546. The lowest BCUT2D eigenvalue weighted by Gasteiger charge is -2.07. The van der Waals surface area contributed by atoms with E-state index in [1.807, 2.05) is 0 Å². The van der Waals surface area contributed by atoms with Crippen LogP contribution in [0.1, 0.15) is 15.9 Å². The normalized spacial score (nSPS) is 11.1. The molecule has 0 amide bonds. The number of carbonyl (C=O) groups is 1. The summed E-state index contributed by atoms with van der Waals surface area (Å²) in [4.78, 5) is 11.5. The van der Waals surface area contributed by atoms with Gasteiger partial charge < -0.3 is 4.74 Å². The first kappa shape index (κ1) is 14.7. The van der Waals surface area contributed by atoms with Gasteiger partial charge in [-0.2, -0.15) is 0 Å². The van der Waals surface area contributed by atoms with Crippen LogP contribution in [0.15, 0.2) is 34.7 Å². The number of sulfonamides is 1. The molecule has 1 rings (SSSR count). The third kappa shape index (κ3) is 3.83. The van der Waals surface area contributed by atoms with Crippen molar-refractivity contribution in [2.75, 3.05) is 6.61 Å². The van der Waals surface area contributed by atoms with Crippen LogP contribution >= 0.6 is 11.6 Å². The SMILES string of the molecule is C=C(Cl)COC(=O)c1ccc(C)c(S(N)(=O)=O)c1. The fourth-order valence-corrected chi connectivity index (χ4v) is 2.12. The number of ether oxygens (including phenoxy) is 1. The Labute approximate surface area is 110 Å². The molecule has 0 aromatic heterocycles. The lowest BCUT2D eigenvalue weighted by Crippen LogP contribution is -2.15. The van der Waals surface area contributed by atoms with Crippen molar-refractivity contribution < 1.29 is 17.9 Å². The van der Waals surface area contributed by atoms with Gasteiger partial charge in [0.2, 0.25) is 10.0 Å². The van der Waals surface area contributed by atoms with Crippen molar-refractivity contribution in [2.45, 2.75) is 11.8 Å². The highest BCUT2D eigenvalue weighted by Gasteiger charge is 2.15. The van der Waals surface area contributed by atoms with E-state index < -0.39 is 16.0 Å². The van der Waals surface area contributed by atoms with E-state index in [-0.39, 0.29) is 22.1 Å². The first-order valence-corrected chi connectivity index (χ1v) is 6.78. The van der Waals surface area contributed by atoms with Crippen molar-refractivity contribution in [3.63, 3.8) is 0 Å². The highest BCUT2D eigenvalue weighted by molar-refractivity contribution is 7.89. The smallest absolute Gasteiger partial charge is 0.338 e. The zero-order valence-corrected chi connectivity index (χ0v) is 11.2. The van der Waals surface area contributed by atoms with Crippen LogP contribution in [0.25, 0.3) is 0 Å². The molecule has 0 fully saturated rings. The number of benzene rings is 1. The van der Waals surface area contributed by atoms with Gasteiger partial charge in [-0.05, 0) is 24.6 Å². The number of aryl methyl sites for hydroxylation is 1. The Morgan fingerprint density at radius 3 is 2.61 bits per heavy atom. The number of primary sulfonamides is 1. The van der Waals surface area contributed by atoms with E-state index in [4.69, 9.17) is 21.5 Å². The van der Waals surface area contributed by atoms with Crippen LogP contribution in [0, 0.1) is 6.92 Å². The Morgan fingerprint density at radius 2 is 2.11 bits per heavy atom. The Balaban J connectivity index is 3.06. The number of rotatable bonds is 4. The van der Waals surface area contributed by atoms with Crippen molar-refractivity contribution >= 4 is 27.6 Å². The third-order valence-corrected chi connectivity index (χ3v) is 3.25. The Morgan fingerprint density at radius 1 is 1.50 bits per heavy atom. The maximum atomic E-state index is 11.6. The second-order valence-electron chi connectivity index (χ2n) is 3.62. The minimum Gasteiger partial charge on any atom is -0.456 e. The summed E-state index contributed by atoms with van der Waals surface area (Å²) in [5.41, 5.74) is 0.540.